The summed E-state index contributed by atoms with van der Waals surface area (Å²) in [5.41, 5.74) is 11.4. The number of benzene rings is 14. The first kappa shape index (κ1) is 48.5. The number of rotatable bonds is 8. The fraction of sp³-hybridized carbons (Fsp3) is 0. The summed E-state index contributed by atoms with van der Waals surface area (Å²) in [4.78, 5) is 29.5. The maximum atomic E-state index is 8.88. The Bertz CT molecular complexity index is 7670. The van der Waals surface area contributed by atoms with E-state index in [2.05, 4.69) is 143 Å². The Hall–Kier alpha value is -13.3. The maximum absolute atomic E-state index is 8.88. The molecule has 14 aromatic carbocycles. The first-order valence-electron chi connectivity index (χ1n) is 38.1. The van der Waals surface area contributed by atoms with Gasteiger partial charge < -0.3 is 18.0 Å². The summed E-state index contributed by atoms with van der Waals surface area (Å²) in [7, 11) is 0. The Morgan fingerprint density at radius 3 is 1.35 bits per heavy atom. The van der Waals surface area contributed by atoms with E-state index < -0.39 is 48.3 Å². The number of hydrogen-bond donors (Lipinski definition) is 0. The Morgan fingerprint density at radius 2 is 0.696 bits per heavy atom. The molecular formula is C90H52N8O2S2. The largest absolute Gasteiger partial charge is 0.455 e. The van der Waals surface area contributed by atoms with E-state index >= 15 is 0 Å². The van der Waals surface area contributed by atoms with Gasteiger partial charge in [-0.25, -0.2) is 29.9 Å². The summed E-state index contributed by atoms with van der Waals surface area (Å²) in [6.07, 6.45) is 0. The summed E-state index contributed by atoms with van der Waals surface area (Å²) >= 11 is 3.34. The second-order valence-electron chi connectivity index (χ2n) is 24.8. The standard InChI is InChI=1S/C45H26N4O2.C45H26N4S2/c1-2-12-27(13-3-1)43-46-44(48-45(47-43)35-19-10-17-33-31-16-6-9-23-39(31)50-41(33)35)28-24-25-32-34-18-11-22-38(42(34)51-40(32)26-28)49-36-20-7-4-14-29(36)30-15-5-8-21-37(30)49;1-2-13-27(14-3-1)43-46-44(32-19-11-25-38-40(32)30-17-6-9-24-37(30)50-38)48-45(47-43)33-20-10-18-31-41-36(23-12-26-39(41)51-42(31)33)49-34-21-7-4-15-28(34)29-16-5-8-22-35(29)49/h2*1-26H/i1D,2D,3D,12D,13D;1D,2D,3D,13D,14D. The number of nitrogens with zero attached hydrogens (tertiary/aromatic N) is 8. The molecule has 0 N–H and O–H groups in total. The van der Waals surface area contributed by atoms with E-state index in [-0.39, 0.29) is 46.5 Å². The second-order valence-corrected chi connectivity index (χ2v) is 26.9. The molecule has 0 fully saturated rings. The van der Waals surface area contributed by atoms with Crippen molar-refractivity contribution in [2.75, 3.05) is 0 Å². The fourth-order valence-electron chi connectivity index (χ4n) is 14.7. The highest BCUT2D eigenvalue weighted by molar-refractivity contribution is 7.26. The molecule has 12 heteroatoms. The van der Waals surface area contributed by atoms with Gasteiger partial charge in [0.2, 0.25) is 0 Å². The summed E-state index contributed by atoms with van der Waals surface area (Å²) in [6, 6.07) is 81.4. The highest BCUT2D eigenvalue weighted by Crippen LogP contribution is 2.47. The smallest absolute Gasteiger partial charge is 0.167 e. The van der Waals surface area contributed by atoms with Crippen LogP contribution in [-0.2, 0) is 0 Å². The number of thiophene rings is 2. The molecule has 8 heterocycles. The van der Waals surface area contributed by atoms with Crippen LogP contribution in [0, 0.1) is 0 Å². The number of furan rings is 2. The minimum absolute atomic E-state index is 0.0163. The van der Waals surface area contributed by atoms with Crippen molar-refractivity contribution in [2.45, 2.75) is 0 Å². The Kier molecular flexibility index (Phi) is 11.0. The average molecular weight is 1350 g/mol. The van der Waals surface area contributed by atoms with Crippen LogP contribution in [0.15, 0.2) is 324 Å². The van der Waals surface area contributed by atoms with Gasteiger partial charge in [0, 0.05) is 111 Å². The predicted octanol–water partition coefficient (Wildman–Crippen LogP) is 24.5. The van der Waals surface area contributed by atoms with Crippen LogP contribution in [0.25, 0.3) is 208 Å². The zero-order chi connectivity index (χ0) is 75.6. The summed E-state index contributed by atoms with van der Waals surface area (Å²) in [6.45, 7) is 0. The third-order valence-electron chi connectivity index (χ3n) is 19.1. The van der Waals surface area contributed by atoms with E-state index in [0.717, 1.165) is 123 Å². The van der Waals surface area contributed by atoms with Crippen molar-refractivity contribution in [3.63, 3.8) is 0 Å². The van der Waals surface area contributed by atoms with Crippen molar-refractivity contribution >= 4 is 151 Å². The van der Waals surface area contributed by atoms with Crippen LogP contribution in [0.1, 0.15) is 13.7 Å². The van der Waals surface area contributed by atoms with Gasteiger partial charge in [0.1, 0.15) is 16.7 Å². The predicted molar refractivity (Wildman–Crippen MR) is 421 cm³/mol. The lowest BCUT2D eigenvalue weighted by atomic mass is 10.0. The molecule has 10 nitrogen and oxygen atoms in total. The van der Waals surface area contributed by atoms with Gasteiger partial charge in [0.05, 0.1) is 52.7 Å². The quantitative estimate of drug-likeness (QED) is 0.148. The zero-order valence-corrected chi connectivity index (χ0v) is 55.1. The molecule has 0 aliphatic rings. The number of para-hydroxylation sites is 7. The minimum Gasteiger partial charge on any atom is -0.455 e. The van der Waals surface area contributed by atoms with Gasteiger partial charge in [-0.05, 0) is 84.9 Å². The highest BCUT2D eigenvalue weighted by Gasteiger charge is 2.25. The van der Waals surface area contributed by atoms with Crippen LogP contribution in [0.4, 0.5) is 0 Å². The Balaban J connectivity index is 0.000000141. The van der Waals surface area contributed by atoms with Crippen molar-refractivity contribution in [1.29, 1.82) is 0 Å². The average Bonchev–Trinajstić information content (AvgIpc) is 1.56. The summed E-state index contributed by atoms with van der Waals surface area (Å²) in [5.74, 6) is 1.12. The molecule has 0 spiro atoms. The third-order valence-corrected chi connectivity index (χ3v) is 21.5. The van der Waals surface area contributed by atoms with Gasteiger partial charge in [-0.2, -0.15) is 0 Å². The highest BCUT2D eigenvalue weighted by atomic mass is 32.1. The maximum Gasteiger partial charge on any atom is 0.167 e. The molecule has 22 rings (SSSR count). The molecule has 476 valence electrons. The van der Waals surface area contributed by atoms with Crippen LogP contribution < -0.4 is 0 Å². The minimum atomic E-state index is -0.499. The first-order chi connectivity index (χ1) is 54.7. The van der Waals surface area contributed by atoms with Gasteiger partial charge in [-0.15, -0.1) is 22.7 Å². The number of fused-ring (bicyclic) bond motifs is 18. The molecule has 0 bridgehead atoms. The van der Waals surface area contributed by atoms with Crippen LogP contribution in [0.5, 0.6) is 0 Å². The molecule has 0 saturated heterocycles. The molecule has 0 unspecified atom stereocenters. The second kappa shape index (κ2) is 23.2. The molecule has 8 aromatic heterocycles. The van der Waals surface area contributed by atoms with Crippen molar-refractivity contribution in [3.05, 3.63) is 315 Å². The van der Waals surface area contributed by atoms with E-state index in [4.69, 9.17) is 52.4 Å². The topological polar surface area (TPSA) is 113 Å². The first-order valence-corrected chi connectivity index (χ1v) is 34.7. The SMILES string of the molecule is [2H]c1c([2H])c([2H])c(-c2nc(-c3ccc4c(c3)oc3c(-n5c6ccccc6c6ccccc65)cccc34)nc(-c3cccc4c3oc3ccccc34)n2)c([2H])c1[2H].[2H]c1c([2H])c([2H])c(-c2nc(-c3cccc4c3sc3cccc(-n5c6ccccc6c6ccccc65)c34)nc(-c3cccc4sc5ccccc5c34)n2)c([2H])c1[2H]. The molecule has 22 aromatic rings. The van der Waals surface area contributed by atoms with Crippen molar-refractivity contribution in [2.24, 2.45) is 0 Å². The molecular weight excluding hydrogens is 1290 g/mol. The van der Waals surface area contributed by atoms with Gasteiger partial charge in [-0.3, -0.25) is 0 Å². The van der Waals surface area contributed by atoms with Gasteiger partial charge in [0.25, 0.3) is 0 Å². The summed E-state index contributed by atoms with van der Waals surface area (Å²) in [5, 5.41) is 12.5. The lowest BCUT2D eigenvalue weighted by Crippen LogP contribution is -2.00. The molecule has 0 aliphatic heterocycles. The number of aromatic nitrogens is 8. The molecule has 0 aliphatic carbocycles. The molecule has 0 radical (unpaired) electrons. The zero-order valence-electron chi connectivity index (χ0n) is 63.5. The summed E-state index contributed by atoms with van der Waals surface area (Å²) < 4.78 is 107. The van der Waals surface area contributed by atoms with Crippen molar-refractivity contribution in [1.82, 2.24) is 39.0 Å². The van der Waals surface area contributed by atoms with E-state index in [1.54, 1.807) is 22.7 Å². The van der Waals surface area contributed by atoms with Gasteiger partial charge >= 0.3 is 0 Å². The van der Waals surface area contributed by atoms with E-state index in [0.29, 0.717) is 39.5 Å². The van der Waals surface area contributed by atoms with Crippen LogP contribution >= 0.6 is 22.7 Å². The van der Waals surface area contributed by atoms with Crippen LogP contribution in [-0.4, -0.2) is 39.0 Å². The molecule has 102 heavy (non-hydrogen) atoms. The van der Waals surface area contributed by atoms with E-state index in [1.165, 1.54) is 10.8 Å². The molecule has 0 atom stereocenters. The molecule has 0 saturated carbocycles. The van der Waals surface area contributed by atoms with Gasteiger partial charge in [0.15, 0.2) is 40.5 Å². The lowest BCUT2D eigenvalue weighted by Gasteiger charge is -2.11. The monoisotopic (exact) mass is 1350 g/mol. The lowest BCUT2D eigenvalue weighted by molar-refractivity contribution is 0.666. The third kappa shape index (κ3) is 9.17. The fourth-order valence-corrected chi connectivity index (χ4v) is 17.1. The molecule has 0 amide bonds. The van der Waals surface area contributed by atoms with Crippen molar-refractivity contribution in [3.8, 4) is 79.7 Å². The van der Waals surface area contributed by atoms with Gasteiger partial charge in [-0.1, -0.05) is 230 Å². The van der Waals surface area contributed by atoms with Crippen LogP contribution in [0.3, 0.4) is 0 Å². The Morgan fingerprint density at radius 1 is 0.275 bits per heavy atom. The van der Waals surface area contributed by atoms with E-state index in [1.807, 2.05) is 121 Å². The normalized spacial score (nSPS) is 13.3. The number of hydrogen-bond acceptors (Lipinski definition) is 10. The van der Waals surface area contributed by atoms with Crippen LogP contribution in [0.2, 0.25) is 0 Å². The Labute approximate surface area is 603 Å². The van der Waals surface area contributed by atoms with E-state index in [9.17, 15) is 0 Å². The van der Waals surface area contributed by atoms with Crippen molar-refractivity contribution < 1.29 is 22.5 Å².